The van der Waals surface area contributed by atoms with Gasteiger partial charge in [-0.2, -0.15) is 93.4 Å². The molecule has 0 unspecified atom stereocenters. The summed E-state index contributed by atoms with van der Waals surface area (Å²) in [6.07, 6.45) is -32.2. The Balaban J connectivity index is 1.32. The van der Waals surface area contributed by atoms with Gasteiger partial charge in [-0.1, -0.05) is 97.8 Å². The number of hydrogen-bond donors (Lipinski definition) is 0. The summed E-state index contributed by atoms with van der Waals surface area (Å²) < 4.78 is 263. The predicted octanol–water partition coefficient (Wildman–Crippen LogP) is 19.1. The first kappa shape index (κ1) is 70.6. The highest BCUT2D eigenvalue weighted by atomic mass is 19.4. The van der Waals surface area contributed by atoms with Gasteiger partial charge in [0.1, 0.15) is 0 Å². The molecule has 7 aromatic carbocycles. The van der Waals surface area contributed by atoms with Crippen molar-refractivity contribution in [1.82, 2.24) is 0 Å². The van der Waals surface area contributed by atoms with E-state index >= 15 is 0 Å². The molecule has 0 atom stereocenters. The number of alkyl halides is 18. The Labute approximate surface area is 520 Å². The molecule has 7 aromatic rings. The van der Waals surface area contributed by atoms with Gasteiger partial charge in [-0.05, 0) is 160 Å². The minimum absolute atomic E-state index is 0.0943. The predicted molar refractivity (Wildman–Crippen MR) is 310 cm³/mol. The van der Waals surface area contributed by atoms with Gasteiger partial charge in [-0.3, -0.25) is 0 Å². The molecule has 0 amide bonds. The molecule has 0 saturated heterocycles. The lowest BCUT2D eigenvalue weighted by atomic mass is 9.81. The SMILES string of the molecule is CC(C)(C)c1cc(C(F)(F)F)c(C(=[N+]=[N-])c2ccc(C#Cc3cc(C#Cc4ccc(C(=[N+]=[N-])c5c(C(F)(F)F)cc(C(C)(C)C)cc5C(F)(F)F)cc4)cc(C#Cc4ccc(C(=[N+]=[N-])c5c(C(F)(F)F)cc(C(C)(C)C)cc5C(F)(F)F)cc4)c3)cc2)c(C(F)(F)F)c1. The zero-order valence-corrected chi connectivity index (χ0v) is 50.1. The van der Waals surface area contributed by atoms with Crippen molar-refractivity contribution in [3.05, 3.63) is 261 Å². The lowest BCUT2D eigenvalue weighted by Crippen LogP contribution is -2.24. The van der Waals surface area contributed by atoms with E-state index in [-0.39, 0.29) is 50.1 Å². The van der Waals surface area contributed by atoms with Crippen LogP contribution >= 0.6 is 0 Å². The van der Waals surface area contributed by atoms with Crippen molar-refractivity contribution in [3.8, 4) is 35.5 Å². The van der Waals surface area contributed by atoms with E-state index < -0.39 is 137 Å². The lowest BCUT2D eigenvalue weighted by molar-refractivity contribution is -0.145. The maximum atomic E-state index is 14.6. The molecular weight excluding hydrogens is 1250 g/mol. The highest BCUT2D eigenvalue weighted by molar-refractivity contribution is 6.13. The number of rotatable bonds is 6. The Morgan fingerprint density at radius 3 is 0.559 bits per heavy atom. The third-order valence-corrected chi connectivity index (χ3v) is 14.3. The summed E-state index contributed by atoms with van der Waals surface area (Å²) in [6.45, 7) is 12.7. The van der Waals surface area contributed by atoms with Crippen LogP contribution in [0.2, 0.25) is 0 Å². The first-order valence-electron chi connectivity index (χ1n) is 27.3. The van der Waals surface area contributed by atoms with Crippen molar-refractivity contribution in [2.45, 2.75) is 116 Å². The molecule has 0 N–H and O–H groups in total. The molecule has 0 radical (unpaired) electrons. The fourth-order valence-electron chi connectivity index (χ4n) is 9.50. The minimum Gasteiger partial charge on any atom is -0.361 e. The number of nitrogens with zero attached hydrogens (tertiary/aromatic N) is 6. The molecule has 0 spiro atoms. The second-order valence-corrected chi connectivity index (χ2v) is 24.2. The van der Waals surface area contributed by atoms with Crippen LogP contribution in [0.4, 0.5) is 79.0 Å². The van der Waals surface area contributed by atoms with Crippen molar-refractivity contribution in [1.29, 1.82) is 0 Å². The molecule has 0 heterocycles. The lowest BCUT2D eigenvalue weighted by Gasteiger charge is -2.24. The van der Waals surface area contributed by atoms with E-state index in [9.17, 15) is 95.6 Å². The number of benzene rings is 7. The molecule has 93 heavy (non-hydrogen) atoms. The third kappa shape index (κ3) is 16.4. The maximum absolute atomic E-state index is 14.6. The summed E-state index contributed by atoms with van der Waals surface area (Å²) in [5.74, 6) is 16.8. The van der Waals surface area contributed by atoms with Gasteiger partial charge in [0.25, 0.3) is 0 Å². The normalized spacial score (nSPS) is 12.4. The Kier molecular flexibility index (Phi) is 19.2. The molecule has 0 bridgehead atoms. The monoisotopic (exact) mass is 1300 g/mol. The van der Waals surface area contributed by atoms with Crippen LogP contribution in [0.1, 0.15) is 179 Å². The molecule has 0 saturated carbocycles. The maximum Gasteiger partial charge on any atom is 0.417 e. The third-order valence-electron chi connectivity index (χ3n) is 14.3. The fraction of sp³-hybridized carbons (Fsp3) is 0.261. The van der Waals surface area contributed by atoms with E-state index in [4.69, 9.17) is 0 Å². The molecule has 24 heteroatoms. The van der Waals surface area contributed by atoms with Gasteiger partial charge in [-0.25, -0.2) is 0 Å². The van der Waals surface area contributed by atoms with Crippen LogP contribution in [0.3, 0.4) is 0 Å². The Morgan fingerprint density at radius 1 is 0.258 bits per heavy atom. The standard InChI is InChI=1S/C69H48F18N6/c1-61(2,3)46-31-49(64(70,71)72)55(50(32-46)65(73,74)75)58(91-88)43-22-16-37(17-23-43)10-13-40-28-41(14-11-38-18-24-44(25-19-38)59(92-89)56-51(66(76,77)78)33-47(62(4,5)6)34-52(56)67(79,80)81)30-42(29-40)15-12-39-20-26-45(27-21-39)60(93-90)57-53(68(82,83)84)35-48(63(7,8)9)36-54(57)69(85,86)87/h16-36H,1-9H3. The summed E-state index contributed by atoms with van der Waals surface area (Å²) in [5, 5.41) is 0. The molecule has 7 rings (SSSR count). The van der Waals surface area contributed by atoms with E-state index in [1.807, 2.05) is 0 Å². The van der Waals surface area contributed by atoms with Crippen molar-refractivity contribution < 1.29 is 93.4 Å². The second kappa shape index (κ2) is 25.3. The Hall–Kier alpha value is -9.90. The molecule has 0 aliphatic heterocycles. The number of halogens is 18. The van der Waals surface area contributed by atoms with Gasteiger partial charge in [0.05, 0.1) is 66.8 Å². The zero-order chi connectivity index (χ0) is 69.6. The Bertz CT molecular complexity index is 3870. The van der Waals surface area contributed by atoms with Gasteiger partial charge >= 0.3 is 54.2 Å². The van der Waals surface area contributed by atoms with Crippen LogP contribution in [-0.4, -0.2) is 31.5 Å². The van der Waals surface area contributed by atoms with E-state index in [1.54, 1.807) is 0 Å². The summed E-state index contributed by atoms with van der Waals surface area (Å²) in [4.78, 5) is 8.65. The second-order valence-electron chi connectivity index (χ2n) is 24.2. The smallest absolute Gasteiger partial charge is 0.361 e. The first-order chi connectivity index (χ1) is 42.6. The van der Waals surface area contributed by atoms with Crippen molar-refractivity contribution in [2.24, 2.45) is 0 Å². The van der Waals surface area contributed by atoms with Gasteiger partial charge in [0, 0.05) is 33.4 Å². The molecular formula is C69H48F18N6. The van der Waals surface area contributed by atoms with Gasteiger partial charge in [-0.15, -0.1) is 0 Å². The average Bonchev–Trinajstić information content (AvgIpc) is 0.766. The van der Waals surface area contributed by atoms with Crippen LogP contribution in [0.15, 0.2) is 127 Å². The minimum atomic E-state index is -5.37. The molecule has 0 fully saturated rings. The topological polar surface area (TPSA) is 109 Å². The van der Waals surface area contributed by atoms with Crippen molar-refractivity contribution in [3.63, 3.8) is 0 Å². The van der Waals surface area contributed by atoms with E-state index in [0.717, 1.165) is 36.4 Å². The quantitative estimate of drug-likeness (QED) is 0.0520. The molecule has 480 valence electrons. The highest BCUT2D eigenvalue weighted by Gasteiger charge is 2.49. The summed E-state index contributed by atoms with van der Waals surface area (Å²) >= 11 is 0. The summed E-state index contributed by atoms with van der Waals surface area (Å²) in [6, 6.07) is 21.0. The first-order valence-corrected chi connectivity index (χ1v) is 27.3. The van der Waals surface area contributed by atoms with Crippen molar-refractivity contribution >= 4 is 17.1 Å². The van der Waals surface area contributed by atoms with Gasteiger partial charge < -0.3 is 16.6 Å². The molecule has 0 aromatic heterocycles. The summed E-state index contributed by atoms with van der Waals surface area (Å²) in [7, 11) is 0. The van der Waals surface area contributed by atoms with Crippen LogP contribution in [0.25, 0.3) is 16.6 Å². The van der Waals surface area contributed by atoms with Gasteiger partial charge in [0.2, 0.25) is 0 Å². The Morgan fingerprint density at radius 2 is 0.419 bits per heavy atom. The summed E-state index contributed by atoms with van der Waals surface area (Å²) in [5.41, 5.74) is 7.20. The molecule has 0 aliphatic carbocycles. The average molecular weight is 1300 g/mol. The van der Waals surface area contributed by atoms with E-state index in [0.29, 0.717) is 36.4 Å². The van der Waals surface area contributed by atoms with E-state index in [2.05, 4.69) is 49.9 Å². The van der Waals surface area contributed by atoms with Crippen LogP contribution in [-0.2, 0) is 53.3 Å². The molecule has 0 aliphatic rings. The van der Waals surface area contributed by atoms with Gasteiger partial charge in [0.15, 0.2) is 0 Å². The van der Waals surface area contributed by atoms with Crippen molar-refractivity contribution in [2.75, 3.05) is 0 Å². The highest BCUT2D eigenvalue weighted by Crippen LogP contribution is 2.47. The van der Waals surface area contributed by atoms with Crippen LogP contribution in [0, 0.1) is 35.5 Å². The molecule has 6 nitrogen and oxygen atoms in total. The zero-order valence-electron chi connectivity index (χ0n) is 50.1. The van der Waals surface area contributed by atoms with Crippen LogP contribution < -0.4 is 0 Å². The van der Waals surface area contributed by atoms with E-state index in [1.165, 1.54) is 117 Å². The largest absolute Gasteiger partial charge is 0.417 e. The number of hydrogen-bond acceptors (Lipinski definition) is 0. The fourth-order valence-corrected chi connectivity index (χ4v) is 9.50. The van der Waals surface area contributed by atoms with Crippen LogP contribution in [0.5, 0.6) is 0 Å².